The molecule has 168 valence electrons. The molecule has 31 heavy (non-hydrogen) atoms. The maximum Gasteiger partial charge on any atom is 0.253 e. The molecule has 1 aliphatic heterocycles. The summed E-state index contributed by atoms with van der Waals surface area (Å²) in [5.41, 5.74) is 9.74. The zero-order valence-electron chi connectivity index (χ0n) is 18.1. The first kappa shape index (κ1) is 25.0. The fourth-order valence-electron chi connectivity index (χ4n) is 3.81. The molecule has 2 aromatic heterocycles. The Balaban J connectivity index is 0.00000171. The number of carbonyl (C=O) groups excluding carboxylic acids is 1. The van der Waals surface area contributed by atoms with Crippen LogP contribution in [0.4, 0.5) is 0 Å². The lowest BCUT2D eigenvalue weighted by molar-refractivity contribution is 0.0533. The molecule has 4 rings (SSSR count). The molecule has 0 saturated carbocycles. The molecular weight excluding hydrogens is 435 g/mol. The Morgan fingerprint density at radius 3 is 2.55 bits per heavy atom. The summed E-state index contributed by atoms with van der Waals surface area (Å²) in [6.45, 7) is 8.06. The molecule has 1 aliphatic rings. The van der Waals surface area contributed by atoms with Gasteiger partial charge in [-0.15, -0.1) is 24.8 Å². The Bertz CT molecular complexity index is 1030. The molecule has 0 bridgehead atoms. The monoisotopic (exact) mass is 464 g/mol. The molecule has 3 aromatic rings. The van der Waals surface area contributed by atoms with Crippen LogP contribution in [0.15, 0.2) is 48.8 Å². The van der Waals surface area contributed by atoms with Crippen molar-refractivity contribution in [3.05, 3.63) is 65.6 Å². The van der Waals surface area contributed by atoms with Crippen molar-refractivity contribution in [2.24, 2.45) is 11.1 Å². The number of ether oxygens (including phenoxy) is 1. The summed E-state index contributed by atoms with van der Waals surface area (Å²) in [6, 6.07) is 11.5. The molecule has 1 amide bonds. The Hall–Kier alpha value is -2.28. The first-order chi connectivity index (χ1) is 13.8. The van der Waals surface area contributed by atoms with Crippen molar-refractivity contribution in [3.63, 3.8) is 0 Å². The third-order valence-electron chi connectivity index (χ3n) is 5.74. The van der Waals surface area contributed by atoms with E-state index >= 15 is 0 Å². The zero-order chi connectivity index (χ0) is 20.6. The fraction of sp³-hybridized carbons (Fsp3) is 0.391. The van der Waals surface area contributed by atoms with Crippen LogP contribution < -0.4 is 10.5 Å². The van der Waals surface area contributed by atoms with Gasteiger partial charge in [0.05, 0.1) is 5.69 Å². The Kier molecular flexibility index (Phi) is 7.98. The number of imidazole rings is 1. The lowest BCUT2D eigenvalue weighted by Gasteiger charge is -2.42. The number of nitrogens with two attached hydrogens (primary N) is 1. The molecule has 0 aliphatic carbocycles. The van der Waals surface area contributed by atoms with Gasteiger partial charge in [-0.05, 0) is 54.7 Å². The van der Waals surface area contributed by atoms with E-state index in [2.05, 4.69) is 25.8 Å². The Labute approximate surface area is 195 Å². The molecular formula is C23H30Cl2N4O2. The number of amides is 1. The first-order valence-electron chi connectivity index (χ1n) is 10.0. The minimum atomic E-state index is -0.0659. The van der Waals surface area contributed by atoms with Crippen LogP contribution in [0, 0.1) is 12.3 Å². The van der Waals surface area contributed by atoms with Crippen LogP contribution in [0.2, 0.25) is 0 Å². The summed E-state index contributed by atoms with van der Waals surface area (Å²) in [4.78, 5) is 19.3. The average molecular weight is 465 g/mol. The van der Waals surface area contributed by atoms with Crippen LogP contribution in [-0.4, -0.2) is 39.3 Å². The van der Waals surface area contributed by atoms with E-state index in [9.17, 15) is 4.79 Å². The lowest BCUT2D eigenvalue weighted by atomic mass is 9.79. The Morgan fingerprint density at radius 1 is 1.16 bits per heavy atom. The van der Waals surface area contributed by atoms with Crippen molar-refractivity contribution < 1.29 is 9.53 Å². The van der Waals surface area contributed by atoms with Crippen LogP contribution in [0.25, 0.3) is 5.65 Å². The van der Waals surface area contributed by atoms with Gasteiger partial charge in [0.1, 0.15) is 18.0 Å². The molecule has 1 aromatic carbocycles. The number of hydrogen-bond acceptors (Lipinski definition) is 4. The quantitative estimate of drug-likeness (QED) is 0.625. The van der Waals surface area contributed by atoms with E-state index < -0.39 is 0 Å². The molecule has 1 unspecified atom stereocenters. The number of carbonyl (C=O) groups is 1. The zero-order valence-corrected chi connectivity index (χ0v) is 19.7. The number of nitrogens with zero attached hydrogens (tertiary/aromatic N) is 3. The second-order valence-electron chi connectivity index (χ2n) is 8.63. The van der Waals surface area contributed by atoms with Gasteiger partial charge in [0.2, 0.25) is 0 Å². The van der Waals surface area contributed by atoms with Crippen molar-refractivity contribution >= 4 is 36.4 Å². The van der Waals surface area contributed by atoms with Gasteiger partial charge in [0.15, 0.2) is 0 Å². The van der Waals surface area contributed by atoms with Crippen molar-refractivity contribution in [1.29, 1.82) is 0 Å². The van der Waals surface area contributed by atoms with Gasteiger partial charge in [-0.3, -0.25) is 4.79 Å². The van der Waals surface area contributed by atoms with Gasteiger partial charge >= 0.3 is 0 Å². The standard InChI is InChI=1S/C23H28N4O2.2ClH/c1-16-4-9-21-25-18(13-27(21)12-16)14-29-19-7-5-17(6-8-19)22(28)26-11-10-20(24)23(2,3)15-26;;/h4-9,12-13,20H,10-11,14-15,24H2,1-3H3;2*1H. The molecule has 6 nitrogen and oxygen atoms in total. The maximum atomic E-state index is 12.8. The fourth-order valence-corrected chi connectivity index (χ4v) is 3.81. The van der Waals surface area contributed by atoms with Crippen LogP contribution in [0.1, 0.15) is 41.9 Å². The molecule has 0 radical (unpaired) electrons. The van der Waals surface area contributed by atoms with Gasteiger partial charge in [-0.1, -0.05) is 19.9 Å². The Morgan fingerprint density at radius 2 is 1.87 bits per heavy atom. The molecule has 2 N–H and O–H groups in total. The minimum absolute atomic E-state index is 0. The highest BCUT2D eigenvalue weighted by Crippen LogP contribution is 2.28. The van der Waals surface area contributed by atoms with E-state index in [4.69, 9.17) is 10.5 Å². The number of likely N-dealkylation sites (tertiary alicyclic amines) is 1. The maximum absolute atomic E-state index is 12.8. The molecule has 0 spiro atoms. The average Bonchev–Trinajstić information content (AvgIpc) is 3.10. The topological polar surface area (TPSA) is 72.9 Å². The second-order valence-corrected chi connectivity index (χ2v) is 8.63. The predicted octanol–water partition coefficient (Wildman–Crippen LogP) is 4.26. The number of halogens is 2. The number of rotatable bonds is 4. The molecule has 1 fully saturated rings. The number of aryl methyl sites for hydroxylation is 1. The number of aromatic nitrogens is 2. The van der Waals surface area contributed by atoms with E-state index in [-0.39, 0.29) is 42.2 Å². The summed E-state index contributed by atoms with van der Waals surface area (Å²) in [6.07, 6.45) is 4.85. The lowest BCUT2D eigenvalue weighted by Crippen LogP contribution is -2.53. The van der Waals surface area contributed by atoms with Crippen LogP contribution in [0.3, 0.4) is 0 Å². The predicted molar refractivity (Wildman–Crippen MR) is 127 cm³/mol. The van der Waals surface area contributed by atoms with Crippen molar-refractivity contribution in [2.45, 2.75) is 39.8 Å². The number of benzene rings is 1. The minimum Gasteiger partial charge on any atom is -0.487 e. The molecule has 3 heterocycles. The smallest absolute Gasteiger partial charge is 0.253 e. The van der Waals surface area contributed by atoms with Gasteiger partial charge in [0, 0.05) is 37.1 Å². The highest BCUT2D eigenvalue weighted by Gasteiger charge is 2.35. The van der Waals surface area contributed by atoms with Crippen molar-refractivity contribution in [2.75, 3.05) is 13.1 Å². The third kappa shape index (κ3) is 5.50. The third-order valence-corrected chi connectivity index (χ3v) is 5.74. The first-order valence-corrected chi connectivity index (χ1v) is 10.0. The van der Waals surface area contributed by atoms with Gasteiger partial charge in [0.25, 0.3) is 5.91 Å². The van der Waals surface area contributed by atoms with Crippen molar-refractivity contribution in [1.82, 2.24) is 14.3 Å². The molecule has 1 atom stereocenters. The second kappa shape index (κ2) is 9.90. The summed E-state index contributed by atoms with van der Waals surface area (Å²) in [7, 11) is 0. The SMILES string of the molecule is Cc1ccc2nc(COc3ccc(C(=O)N4CCC(N)C(C)(C)C4)cc3)cn2c1.Cl.Cl. The highest BCUT2D eigenvalue weighted by atomic mass is 35.5. The van der Waals surface area contributed by atoms with Crippen LogP contribution >= 0.6 is 24.8 Å². The largest absolute Gasteiger partial charge is 0.487 e. The van der Waals surface area contributed by atoms with Gasteiger partial charge < -0.3 is 19.8 Å². The van der Waals surface area contributed by atoms with Gasteiger partial charge in [-0.2, -0.15) is 0 Å². The van der Waals surface area contributed by atoms with Crippen LogP contribution in [0.5, 0.6) is 5.75 Å². The molecule has 1 saturated heterocycles. The number of piperidine rings is 1. The summed E-state index contributed by atoms with van der Waals surface area (Å²) in [5, 5.41) is 0. The molecule has 8 heteroatoms. The number of hydrogen-bond donors (Lipinski definition) is 1. The summed E-state index contributed by atoms with van der Waals surface area (Å²) in [5.74, 6) is 0.767. The summed E-state index contributed by atoms with van der Waals surface area (Å²) < 4.78 is 7.86. The van der Waals surface area contributed by atoms with E-state index in [1.807, 2.05) is 58.1 Å². The number of fused-ring (bicyclic) bond motifs is 1. The summed E-state index contributed by atoms with van der Waals surface area (Å²) >= 11 is 0. The highest BCUT2D eigenvalue weighted by molar-refractivity contribution is 5.94. The van der Waals surface area contributed by atoms with E-state index in [1.54, 1.807) is 0 Å². The van der Waals surface area contributed by atoms with Crippen LogP contribution in [-0.2, 0) is 6.61 Å². The van der Waals surface area contributed by atoms with E-state index in [0.29, 0.717) is 25.3 Å². The van der Waals surface area contributed by atoms with E-state index in [1.165, 1.54) is 5.56 Å². The van der Waals surface area contributed by atoms with Gasteiger partial charge in [-0.25, -0.2) is 4.98 Å². The van der Waals surface area contributed by atoms with Crippen molar-refractivity contribution in [3.8, 4) is 5.75 Å². The van der Waals surface area contributed by atoms with E-state index in [0.717, 1.165) is 23.5 Å². The number of pyridine rings is 1. The normalized spacial score (nSPS) is 17.5.